The minimum absolute atomic E-state index is 0.00391. The molecule has 0 unspecified atom stereocenters. The molecule has 2 aromatic rings. The minimum Gasteiger partial charge on any atom is -0.396 e. The first-order chi connectivity index (χ1) is 11.9. The highest BCUT2D eigenvalue weighted by molar-refractivity contribution is 5.63. The number of hydrogen-bond acceptors (Lipinski definition) is 5. The van der Waals surface area contributed by atoms with Crippen LogP contribution in [-0.4, -0.2) is 33.4 Å². The smallest absolute Gasteiger partial charge is 0.332 e. The van der Waals surface area contributed by atoms with Crippen molar-refractivity contribution in [3.05, 3.63) is 56.7 Å². The van der Waals surface area contributed by atoms with E-state index in [9.17, 15) is 9.59 Å². The monoisotopic (exact) mass is 346 g/mol. The quantitative estimate of drug-likeness (QED) is 0.772. The molecular formula is C18H26N4O3. The lowest BCUT2D eigenvalue weighted by Gasteiger charge is -2.30. The Bertz CT molecular complexity index is 825. The maximum absolute atomic E-state index is 12.7. The van der Waals surface area contributed by atoms with Crippen LogP contribution in [0.4, 0.5) is 11.5 Å². The fraction of sp³-hybridized carbons (Fsp3) is 0.444. The molecule has 136 valence electrons. The second-order valence-corrected chi connectivity index (χ2v) is 6.32. The Kier molecular flexibility index (Phi) is 6.03. The number of aromatic nitrogens is 2. The van der Waals surface area contributed by atoms with Gasteiger partial charge in [0.05, 0.1) is 6.54 Å². The molecule has 0 saturated carbocycles. The molecule has 0 spiro atoms. The third-order valence-electron chi connectivity index (χ3n) is 4.21. The Labute approximate surface area is 146 Å². The lowest BCUT2D eigenvalue weighted by Crippen LogP contribution is -2.45. The molecule has 0 saturated heterocycles. The Hall–Kier alpha value is -2.54. The molecule has 7 nitrogen and oxygen atoms in total. The molecule has 0 aliphatic heterocycles. The van der Waals surface area contributed by atoms with E-state index < -0.39 is 11.2 Å². The van der Waals surface area contributed by atoms with Crippen LogP contribution >= 0.6 is 0 Å². The van der Waals surface area contributed by atoms with Gasteiger partial charge in [0.2, 0.25) is 0 Å². The highest BCUT2D eigenvalue weighted by Gasteiger charge is 2.22. The van der Waals surface area contributed by atoms with E-state index in [-0.39, 0.29) is 18.5 Å². The summed E-state index contributed by atoms with van der Waals surface area (Å²) in [6.07, 6.45) is 0.512. The van der Waals surface area contributed by atoms with Gasteiger partial charge >= 0.3 is 5.69 Å². The molecular weight excluding hydrogens is 320 g/mol. The zero-order valence-electron chi connectivity index (χ0n) is 15.0. The number of nitrogens with zero attached hydrogens (tertiary/aromatic N) is 3. The maximum atomic E-state index is 12.7. The average Bonchev–Trinajstić information content (AvgIpc) is 2.60. The molecule has 7 heteroatoms. The van der Waals surface area contributed by atoms with Crippen molar-refractivity contribution in [2.24, 2.45) is 7.05 Å². The summed E-state index contributed by atoms with van der Waals surface area (Å²) in [5.74, 6) is 0.156. The van der Waals surface area contributed by atoms with Gasteiger partial charge in [0.25, 0.3) is 5.56 Å². The van der Waals surface area contributed by atoms with Crippen molar-refractivity contribution >= 4 is 11.5 Å². The molecule has 1 heterocycles. The summed E-state index contributed by atoms with van der Waals surface area (Å²) in [4.78, 5) is 27.1. The second kappa shape index (κ2) is 8.02. The van der Waals surface area contributed by atoms with E-state index in [1.807, 2.05) is 49.1 Å². The summed E-state index contributed by atoms with van der Waals surface area (Å²) >= 11 is 0. The molecule has 0 amide bonds. The zero-order valence-corrected chi connectivity index (χ0v) is 15.0. The highest BCUT2D eigenvalue weighted by atomic mass is 16.3. The number of nitrogen functional groups attached to an aromatic ring is 1. The predicted octanol–water partition coefficient (Wildman–Crippen LogP) is 0.775. The summed E-state index contributed by atoms with van der Waals surface area (Å²) in [6.45, 7) is 4.69. The van der Waals surface area contributed by atoms with Crippen LogP contribution in [0.3, 0.4) is 0 Å². The number of hydrogen-bond donors (Lipinski definition) is 2. The number of nitrogens with two attached hydrogens (primary N) is 1. The molecule has 0 aliphatic carbocycles. The van der Waals surface area contributed by atoms with Crippen LogP contribution in [0, 0.1) is 0 Å². The van der Waals surface area contributed by atoms with Gasteiger partial charge in [-0.05, 0) is 25.8 Å². The summed E-state index contributed by atoms with van der Waals surface area (Å²) in [6, 6.07) is 9.49. The molecule has 0 aliphatic rings. The number of benzene rings is 1. The van der Waals surface area contributed by atoms with Gasteiger partial charge in [0.15, 0.2) is 0 Å². The Morgan fingerprint density at radius 2 is 1.84 bits per heavy atom. The van der Waals surface area contributed by atoms with E-state index in [0.717, 1.165) is 10.1 Å². The van der Waals surface area contributed by atoms with E-state index in [1.54, 1.807) is 0 Å². The van der Waals surface area contributed by atoms with Crippen molar-refractivity contribution < 1.29 is 5.11 Å². The molecule has 3 N–H and O–H groups in total. The molecule has 1 aromatic heterocycles. The molecule has 2 rings (SSSR count). The molecule has 25 heavy (non-hydrogen) atoms. The van der Waals surface area contributed by atoms with Gasteiger partial charge in [-0.25, -0.2) is 4.79 Å². The number of anilines is 2. The van der Waals surface area contributed by atoms with Gasteiger partial charge in [-0.15, -0.1) is 0 Å². The summed E-state index contributed by atoms with van der Waals surface area (Å²) in [7, 11) is 1.46. The summed E-state index contributed by atoms with van der Waals surface area (Å²) in [5, 5.41) is 9.13. The number of rotatable bonds is 7. The van der Waals surface area contributed by atoms with Crippen molar-refractivity contribution in [3.8, 4) is 0 Å². The van der Waals surface area contributed by atoms with Crippen LogP contribution in [0.15, 0.2) is 39.9 Å². The Balaban J connectivity index is 2.60. The fourth-order valence-corrected chi connectivity index (χ4v) is 2.83. The standard InChI is InChI=1S/C18H26N4O3/c1-13(2)21(10-7-11-23)15-16(19)22(18(25)20(3)17(15)24)12-14-8-5-4-6-9-14/h4-6,8-9,13,23H,7,10-12,19H2,1-3H3. The van der Waals surface area contributed by atoms with Gasteiger partial charge < -0.3 is 15.7 Å². The van der Waals surface area contributed by atoms with Crippen LogP contribution in [0.1, 0.15) is 25.8 Å². The molecule has 0 radical (unpaired) electrons. The van der Waals surface area contributed by atoms with Crippen molar-refractivity contribution in [1.82, 2.24) is 9.13 Å². The van der Waals surface area contributed by atoms with Crippen molar-refractivity contribution in [3.63, 3.8) is 0 Å². The van der Waals surface area contributed by atoms with E-state index in [2.05, 4.69) is 0 Å². The van der Waals surface area contributed by atoms with Crippen LogP contribution < -0.4 is 21.9 Å². The fourth-order valence-electron chi connectivity index (χ4n) is 2.83. The van der Waals surface area contributed by atoms with Gasteiger partial charge in [-0.1, -0.05) is 30.3 Å². The van der Waals surface area contributed by atoms with Crippen LogP contribution in [0.5, 0.6) is 0 Å². The highest BCUT2D eigenvalue weighted by Crippen LogP contribution is 2.20. The largest absolute Gasteiger partial charge is 0.396 e. The maximum Gasteiger partial charge on any atom is 0.332 e. The van der Waals surface area contributed by atoms with Crippen molar-refractivity contribution in [2.75, 3.05) is 23.8 Å². The SMILES string of the molecule is CC(C)N(CCCO)c1c(N)n(Cc2ccccc2)c(=O)n(C)c1=O. The predicted molar refractivity (Wildman–Crippen MR) is 100 cm³/mol. The first-order valence-electron chi connectivity index (χ1n) is 8.39. The molecule has 1 aromatic carbocycles. The van der Waals surface area contributed by atoms with Gasteiger partial charge in [0, 0.05) is 26.2 Å². The summed E-state index contributed by atoms with van der Waals surface area (Å²) < 4.78 is 2.50. The van der Waals surface area contributed by atoms with E-state index in [1.165, 1.54) is 11.6 Å². The van der Waals surface area contributed by atoms with E-state index in [4.69, 9.17) is 10.8 Å². The third kappa shape index (κ3) is 3.93. The van der Waals surface area contributed by atoms with Gasteiger partial charge in [0.1, 0.15) is 11.5 Å². The molecule has 0 fully saturated rings. The Morgan fingerprint density at radius 3 is 2.40 bits per heavy atom. The topological polar surface area (TPSA) is 93.5 Å². The molecule has 0 bridgehead atoms. The Morgan fingerprint density at radius 1 is 1.20 bits per heavy atom. The zero-order chi connectivity index (χ0) is 18.6. The van der Waals surface area contributed by atoms with Crippen LogP contribution in [0.2, 0.25) is 0 Å². The second-order valence-electron chi connectivity index (χ2n) is 6.32. The lowest BCUT2D eigenvalue weighted by molar-refractivity contribution is 0.288. The van der Waals surface area contributed by atoms with E-state index in [0.29, 0.717) is 25.2 Å². The lowest BCUT2D eigenvalue weighted by atomic mass is 10.2. The van der Waals surface area contributed by atoms with Crippen LogP contribution in [0.25, 0.3) is 0 Å². The van der Waals surface area contributed by atoms with Gasteiger partial charge in [-0.2, -0.15) is 0 Å². The normalized spacial score (nSPS) is 11.1. The third-order valence-corrected chi connectivity index (χ3v) is 4.21. The van der Waals surface area contributed by atoms with Crippen molar-refractivity contribution in [2.45, 2.75) is 32.9 Å². The van der Waals surface area contributed by atoms with Crippen molar-refractivity contribution in [1.29, 1.82) is 0 Å². The van der Waals surface area contributed by atoms with Crippen LogP contribution in [-0.2, 0) is 13.6 Å². The first-order valence-corrected chi connectivity index (χ1v) is 8.39. The number of aliphatic hydroxyl groups excluding tert-OH is 1. The first kappa shape index (κ1) is 18.8. The summed E-state index contributed by atoms with van der Waals surface area (Å²) in [5.41, 5.74) is 6.63. The average molecular weight is 346 g/mol. The minimum atomic E-state index is -0.444. The molecule has 0 atom stereocenters. The number of aliphatic hydroxyl groups is 1. The van der Waals surface area contributed by atoms with E-state index >= 15 is 0 Å². The van der Waals surface area contributed by atoms with Gasteiger partial charge in [-0.3, -0.25) is 13.9 Å².